The molecule has 0 aliphatic rings. The van der Waals surface area contributed by atoms with Crippen molar-refractivity contribution in [2.24, 2.45) is 0 Å². The van der Waals surface area contributed by atoms with E-state index in [2.05, 4.69) is 9.63 Å². The summed E-state index contributed by atoms with van der Waals surface area (Å²) in [6.07, 6.45) is -3.64. The Morgan fingerprint density at radius 1 is 1.03 bits per heavy atom. The van der Waals surface area contributed by atoms with E-state index in [-0.39, 0.29) is 0 Å². The number of nitrogens with zero attached hydrogens (tertiary/aromatic N) is 2. The quantitative estimate of drug-likeness (QED) is 0.220. The molecule has 0 heterocycles. The first-order valence-electron chi connectivity index (χ1n) is 9.01. The van der Waals surface area contributed by atoms with Gasteiger partial charge in [0.05, 0.1) is 6.42 Å². The molecule has 0 bridgehead atoms. The predicted octanol–water partition coefficient (Wildman–Crippen LogP) is 3.83. The summed E-state index contributed by atoms with van der Waals surface area (Å²) in [4.78, 5) is 5.01. The number of hydrogen-bond donors (Lipinski definition) is 3. The van der Waals surface area contributed by atoms with Crippen molar-refractivity contribution < 1.29 is 28.0 Å². The van der Waals surface area contributed by atoms with Gasteiger partial charge in [0.25, 0.3) is 6.21 Å². The molecule has 0 aromatic heterocycles. The Kier molecular flexibility index (Phi) is 17.7. The van der Waals surface area contributed by atoms with Gasteiger partial charge < -0.3 is 15.6 Å². The van der Waals surface area contributed by atoms with Crippen LogP contribution in [0.3, 0.4) is 0 Å². The molecule has 30 heavy (non-hydrogen) atoms. The van der Waals surface area contributed by atoms with Gasteiger partial charge in [-0.05, 0) is 36.7 Å². The van der Waals surface area contributed by atoms with E-state index in [1.165, 1.54) is 18.3 Å². The third-order valence-corrected chi connectivity index (χ3v) is 3.42. The van der Waals surface area contributed by atoms with Gasteiger partial charge in [-0.25, -0.2) is 4.84 Å². The number of halogens is 4. The molecule has 0 saturated carbocycles. The summed E-state index contributed by atoms with van der Waals surface area (Å²) in [5.74, 6) is 0. The van der Waals surface area contributed by atoms with Gasteiger partial charge in [-0.3, -0.25) is 0 Å². The van der Waals surface area contributed by atoms with Gasteiger partial charge in [-0.2, -0.15) is 18.0 Å². The number of hydrogen-bond acceptors (Lipinski definition) is 3. The zero-order chi connectivity index (χ0) is 23.6. The molecule has 0 fully saturated rings. The van der Waals surface area contributed by atoms with Crippen molar-refractivity contribution in [3.8, 4) is 0 Å². The minimum atomic E-state index is -4.10. The fourth-order valence-corrected chi connectivity index (χ4v) is 1.68. The van der Waals surface area contributed by atoms with Crippen LogP contribution in [-0.2, 0) is 6.42 Å². The van der Waals surface area contributed by atoms with E-state index in [4.69, 9.17) is 27.4 Å². The molecule has 2 aromatic rings. The van der Waals surface area contributed by atoms with Gasteiger partial charge in [-0.15, -0.1) is 0 Å². The van der Waals surface area contributed by atoms with E-state index in [1.54, 1.807) is 31.2 Å². The molecule has 0 saturated heterocycles. The monoisotopic (exact) mass is 445 g/mol. The van der Waals surface area contributed by atoms with Crippen molar-refractivity contribution in [2.75, 3.05) is 6.54 Å². The Hall–Kier alpha value is -2.16. The maximum absolute atomic E-state index is 11.8. The maximum Gasteiger partial charge on any atom is 0.488 e. The van der Waals surface area contributed by atoms with E-state index in [0.717, 1.165) is 17.7 Å². The van der Waals surface area contributed by atoms with E-state index in [1.807, 2.05) is 32.9 Å². The molecule has 3 N–H and O–H groups in total. The van der Waals surface area contributed by atoms with Crippen LogP contribution in [0.5, 0.6) is 0 Å². The maximum atomic E-state index is 11.8. The first kappa shape index (κ1) is 30.0. The Bertz CT molecular complexity index is 720. The fraction of sp³-hybridized carbons (Fsp3) is 0.350. The van der Waals surface area contributed by atoms with Crippen molar-refractivity contribution >= 4 is 30.6 Å². The molecule has 166 valence electrons. The number of benzene rings is 2. The largest absolute Gasteiger partial charge is 0.488 e. The summed E-state index contributed by atoms with van der Waals surface area (Å²) in [6, 6.07) is 13.4. The summed E-state index contributed by atoms with van der Waals surface area (Å²) < 4.78 is 35.5. The lowest BCUT2D eigenvalue weighted by atomic mass is 9.80. The average Bonchev–Trinajstić information content (AvgIpc) is 2.70. The van der Waals surface area contributed by atoms with E-state index in [9.17, 15) is 13.2 Å². The molecule has 0 atom stereocenters. The first-order valence-corrected chi connectivity index (χ1v) is 9.39. The normalized spacial score (nSPS) is 9.40. The molecule has 0 aliphatic heterocycles. The van der Waals surface area contributed by atoms with Crippen LogP contribution in [0.25, 0.3) is 5.53 Å². The van der Waals surface area contributed by atoms with Crippen LogP contribution in [0.1, 0.15) is 30.5 Å². The van der Waals surface area contributed by atoms with Crippen molar-refractivity contribution in [2.45, 2.75) is 40.3 Å². The van der Waals surface area contributed by atoms with E-state index >= 15 is 0 Å². The number of rotatable bonds is 3. The molecule has 0 aliphatic carbocycles. The second-order valence-electron chi connectivity index (χ2n) is 5.92. The average molecular weight is 446 g/mol. The minimum Gasteiger partial charge on any atom is -0.423 e. The SMILES string of the molecule is CC=[N+]=[N-].CCNCl.Cc1ccc(B(O)O)cc1.Cc1ccc(CC(F)(F)F)cc1. The summed E-state index contributed by atoms with van der Waals surface area (Å²) in [5.41, 5.74) is 10.4. The molecule has 10 heteroatoms. The Balaban J connectivity index is 0. The molecular formula is C20H28BClF3N3O2. The molecule has 0 radical (unpaired) electrons. The Morgan fingerprint density at radius 3 is 1.67 bits per heavy atom. The molecule has 2 rings (SSSR count). The van der Waals surface area contributed by atoms with Gasteiger partial charge in [-0.1, -0.05) is 66.6 Å². The van der Waals surface area contributed by atoms with E-state index < -0.39 is 19.7 Å². The Labute approximate surface area is 181 Å². The number of alkyl halides is 3. The zero-order valence-electron chi connectivity index (χ0n) is 17.5. The van der Waals surface area contributed by atoms with Gasteiger partial charge in [0.15, 0.2) is 0 Å². The van der Waals surface area contributed by atoms with E-state index in [0.29, 0.717) is 11.0 Å². The van der Waals surface area contributed by atoms with Crippen molar-refractivity contribution in [1.82, 2.24) is 4.84 Å². The fourth-order valence-electron chi connectivity index (χ4n) is 1.68. The molecule has 0 unspecified atom stereocenters. The molecule has 0 spiro atoms. The second kappa shape index (κ2) is 17.7. The summed E-state index contributed by atoms with van der Waals surface area (Å²) in [6.45, 7) is 8.21. The third kappa shape index (κ3) is 19.2. The lowest BCUT2D eigenvalue weighted by Gasteiger charge is -2.05. The summed E-state index contributed by atoms with van der Waals surface area (Å²) >= 11 is 4.94. The number of nitrogens with one attached hydrogen (secondary N) is 1. The first-order chi connectivity index (χ1) is 14.0. The molecule has 2 aromatic carbocycles. The smallest absolute Gasteiger partial charge is 0.423 e. The topological polar surface area (TPSA) is 88.9 Å². The van der Waals surface area contributed by atoms with Gasteiger partial charge >= 0.3 is 13.3 Å². The standard InChI is InChI=1S/C9H9F3.C7H9BO2.C2H6ClN.C2H4N2/c1-7-2-4-8(5-3-7)6-9(10,11)12;1-6-2-4-7(5-3-6)8(9)10;2*1-2-4-3/h2-5H,6H2,1H3;2-5,9-10H,1H3;4H,2H2,1H3;2H,1H3. The third-order valence-electron chi connectivity index (χ3n) is 3.15. The highest BCUT2D eigenvalue weighted by atomic mass is 35.5. The van der Waals surface area contributed by atoms with Crippen LogP contribution < -0.4 is 10.3 Å². The van der Waals surface area contributed by atoms with Crippen LogP contribution in [0, 0.1) is 13.8 Å². The second-order valence-corrected chi connectivity index (χ2v) is 6.19. The van der Waals surface area contributed by atoms with Crippen molar-refractivity contribution in [3.05, 3.63) is 70.8 Å². The predicted molar refractivity (Wildman–Crippen MR) is 117 cm³/mol. The highest BCUT2D eigenvalue weighted by Gasteiger charge is 2.27. The highest BCUT2D eigenvalue weighted by Crippen LogP contribution is 2.21. The number of aryl methyl sites for hydroxylation is 2. The lowest BCUT2D eigenvalue weighted by Crippen LogP contribution is -2.29. The van der Waals surface area contributed by atoms with Crippen LogP contribution in [0.15, 0.2) is 48.5 Å². The van der Waals surface area contributed by atoms with Gasteiger partial charge in [0, 0.05) is 13.5 Å². The van der Waals surface area contributed by atoms with Gasteiger partial charge in [0.2, 0.25) is 0 Å². The van der Waals surface area contributed by atoms with Crippen LogP contribution >= 0.6 is 11.8 Å². The lowest BCUT2D eigenvalue weighted by molar-refractivity contribution is -0.127. The van der Waals surface area contributed by atoms with Gasteiger partial charge in [0.1, 0.15) is 0 Å². The minimum absolute atomic E-state index is 0.313. The van der Waals surface area contributed by atoms with Crippen LogP contribution in [0.4, 0.5) is 13.2 Å². The van der Waals surface area contributed by atoms with Crippen molar-refractivity contribution in [1.29, 1.82) is 0 Å². The van der Waals surface area contributed by atoms with Crippen molar-refractivity contribution in [3.63, 3.8) is 0 Å². The molecular weight excluding hydrogens is 417 g/mol. The summed E-state index contributed by atoms with van der Waals surface area (Å²) in [7, 11) is -1.35. The zero-order valence-corrected chi connectivity index (χ0v) is 18.2. The van der Waals surface area contributed by atoms with Crippen LogP contribution in [0.2, 0.25) is 0 Å². The molecule has 0 amide bonds. The summed E-state index contributed by atoms with van der Waals surface area (Å²) in [5, 5.41) is 17.3. The molecule has 5 nitrogen and oxygen atoms in total. The Morgan fingerprint density at radius 2 is 1.40 bits per heavy atom. The highest BCUT2D eigenvalue weighted by molar-refractivity contribution is 6.58. The van der Waals surface area contributed by atoms with Crippen LogP contribution in [-0.4, -0.2) is 40.9 Å².